The normalized spacial score (nSPS) is 9.87. The minimum Gasteiger partial charge on any atom is -0.508 e. The maximum Gasteiger partial charge on any atom is 0.257 e. The van der Waals surface area contributed by atoms with Gasteiger partial charge >= 0.3 is 0 Å². The zero-order chi connectivity index (χ0) is 10.7. The number of amides is 1. The largest absolute Gasteiger partial charge is 0.508 e. The van der Waals surface area contributed by atoms with Crippen molar-refractivity contribution in [1.82, 2.24) is 10.2 Å². The summed E-state index contributed by atoms with van der Waals surface area (Å²) in [7, 11) is 0. The van der Waals surface area contributed by atoms with Crippen molar-refractivity contribution in [3.8, 4) is 5.75 Å². The van der Waals surface area contributed by atoms with Crippen LogP contribution in [0.3, 0.4) is 0 Å². The van der Waals surface area contributed by atoms with E-state index < -0.39 is 0 Å². The van der Waals surface area contributed by atoms with Crippen molar-refractivity contribution in [3.05, 3.63) is 35.3 Å². The van der Waals surface area contributed by atoms with Gasteiger partial charge in [-0.25, -0.2) is 0 Å². The summed E-state index contributed by atoms with van der Waals surface area (Å²) in [5.74, 6) is -0.144. The highest BCUT2D eigenvalue weighted by Gasteiger charge is 2.07. The molecule has 6 heteroatoms. The Bertz CT molecular complexity index is 453. The van der Waals surface area contributed by atoms with Crippen LogP contribution < -0.4 is 5.32 Å². The van der Waals surface area contributed by atoms with Crippen LogP contribution in [0, 0.1) is 0 Å². The van der Waals surface area contributed by atoms with Crippen molar-refractivity contribution in [2.45, 2.75) is 0 Å². The van der Waals surface area contributed by atoms with Gasteiger partial charge in [0.25, 0.3) is 5.91 Å². The molecule has 2 N–H and O–H groups in total. The highest BCUT2D eigenvalue weighted by Crippen LogP contribution is 2.13. The fourth-order valence-corrected chi connectivity index (χ4v) is 1.45. The van der Waals surface area contributed by atoms with Crippen molar-refractivity contribution < 1.29 is 9.90 Å². The number of hydrogen-bond donors (Lipinski definition) is 2. The Kier molecular flexibility index (Phi) is 2.59. The molecule has 1 heterocycles. The lowest BCUT2D eigenvalue weighted by atomic mass is 10.2. The summed E-state index contributed by atoms with van der Waals surface area (Å²) < 4.78 is 0. The first-order valence-electron chi connectivity index (χ1n) is 4.12. The number of hydrogen-bond acceptors (Lipinski definition) is 5. The zero-order valence-corrected chi connectivity index (χ0v) is 8.36. The second-order valence-corrected chi connectivity index (χ2v) is 3.58. The van der Waals surface area contributed by atoms with Crippen LogP contribution >= 0.6 is 11.3 Å². The van der Waals surface area contributed by atoms with Gasteiger partial charge in [-0.3, -0.25) is 10.1 Å². The van der Waals surface area contributed by atoms with Gasteiger partial charge in [0.15, 0.2) is 0 Å². The molecule has 2 rings (SSSR count). The maximum atomic E-state index is 11.6. The quantitative estimate of drug-likeness (QED) is 0.805. The third-order valence-electron chi connectivity index (χ3n) is 1.71. The second kappa shape index (κ2) is 4.05. The fraction of sp³-hybridized carbons (Fsp3) is 0. The lowest BCUT2D eigenvalue weighted by molar-refractivity contribution is 0.102. The molecular weight excluding hydrogens is 214 g/mol. The number of nitrogens with zero attached hydrogens (tertiary/aromatic N) is 2. The second-order valence-electron chi connectivity index (χ2n) is 2.74. The lowest BCUT2D eigenvalue weighted by Crippen LogP contribution is -2.11. The molecule has 5 nitrogen and oxygen atoms in total. The van der Waals surface area contributed by atoms with Crippen LogP contribution in [-0.2, 0) is 0 Å². The number of nitrogens with one attached hydrogen (secondary N) is 1. The molecule has 0 bridgehead atoms. The monoisotopic (exact) mass is 221 g/mol. The van der Waals surface area contributed by atoms with Gasteiger partial charge in [-0.15, -0.1) is 10.2 Å². The fourth-order valence-electron chi connectivity index (χ4n) is 1.01. The molecular formula is C9H7N3O2S. The molecule has 0 atom stereocenters. The Balaban J connectivity index is 2.11. The van der Waals surface area contributed by atoms with Crippen LogP contribution in [-0.4, -0.2) is 21.2 Å². The summed E-state index contributed by atoms with van der Waals surface area (Å²) in [6, 6.07) is 5.97. The number of phenolic OH excluding ortho intramolecular Hbond substituents is 1. The maximum absolute atomic E-state index is 11.6. The van der Waals surface area contributed by atoms with Crippen molar-refractivity contribution in [1.29, 1.82) is 0 Å². The third-order valence-corrected chi connectivity index (χ3v) is 2.32. The number of carbonyl (C=O) groups is 1. The van der Waals surface area contributed by atoms with E-state index in [1.54, 1.807) is 0 Å². The Morgan fingerprint density at radius 1 is 1.33 bits per heavy atom. The van der Waals surface area contributed by atoms with E-state index in [-0.39, 0.29) is 11.7 Å². The first kappa shape index (κ1) is 9.60. The molecule has 0 aliphatic carbocycles. The van der Waals surface area contributed by atoms with E-state index in [0.717, 1.165) is 0 Å². The molecule has 0 saturated heterocycles. The Hall–Kier alpha value is -1.95. The number of benzene rings is 1. The summed E-state index contributed by atoms with van der Waals surface area (Å²) in [6.45, 7) is 0. The molecule has 15 heavy (non-hydrogen) atoms. The van der Waals surface area contributed by atoms with Crippen molar-refractivity contribution in [2.75, 3.05) is 5.32 Å². The zero-order valence-electron chi connectivity index (χ0n) is 7.54. The summed E-state index contributed by atoms with van der Waals surface area (Å²) in [6.07, 6.45) is 0. The van der Waals surface area contributed by atoms with E-state index in [4.69, 9.17) is 5.11 Å². The van der Waals surface area contributed by atoms with Gasteiger partial charge in [0.1, 0.15) is 11.3 Å². The van der Waals surface area contributed by atoms with Crippen LogP contribution in [0.4, 0.5) is 5.13 Å². The molecule has 0 aliphatic heterocycles. The van der Waals surface area contributed by atoms with E-state index in [9.17, 15) is 4.79 Å². The number of aromatic nitrogens is 2. The number of rotatable bonds is 2. The first-order chi connectivity index (χ1) is 7.25. The van der Waals surface area contributed by atoms with Gasteiger partial charge in [-0.05, 0) is 24.3 Å². The first-order valence-corrected chi connectivity index (χ1v) is 5.00. The molecule has 0 spiro atoms. The SMILES string of the molecule is O=C(Nc1nncs1)c1ccc(O)cc1. The molecule has 1 aromatic heterocycles. The molecule has 0 fully saturated rings. The average Bonchev–Trinajstić information content (AvgIpc) is 2.71. The van der Waals surface area contributed by atoms with E-state index >= 15 is 0 Å². The van der Waals surface area contributed by atoms with Gasteiger partial charge in [0.2, 0.25) is 5.13 Å². The van der Waals surface area contributed by atoms with E-state index in [2.05, 4.69) is 15.5 Å². The van der Waals surface area contributed by atoms with Crippen LogP contribution in [0.1, 0.15) is 10.4 Å². The predicted molar refractivity (Wildman–Crippen MR) is 56.0 cm³/mol. The number of carbonyl (C=O) groups excluding carboxylic acids is 1. The highest BCUT2D eigenvalue weighted by molar-refractivity contribution is 7.13. The topological polar surface area (TPSA) is 75.1 Å². The summed E-state index contributed by atoms with van der Waals surface area (Å²) >= 11 is 1.25. The van der Waals surface area contributed by atoms with Gasteiger partial charge in [-0.2, -0.15) is 0 Å². The van der Waals surface area contributed by atoms with Crippen LogP contribution in [0.5, 0.6) is 5.75 Å². The van der Waals surface area contributed by atoms with Crippen molar-refractivity contribution >= 4 is 22.4 Å². The lowest BCUT2D eigenvalue weighted by Gasteiger charge is -2.00. The Morgan fingerprint density at radius 3 is 2.67 bits per heavy atom. The summed E-state index contributed by atoms with van der Waals surface area (Å²) in [5.41, 5.74) is 2.00. The molecule has 0 saturated carbocycles. The summed E-state index contributed by atoms with van der Waals surface area (Å²) in [4.78, 5) is 11.6. The minimum absolute atomic E-state index is 0.127. The van der Waals surface area contributed by atoms with Gasteiger partial charge in [0, 0.05) is 5.56 Å². The molecule has 0 radical (unpaired) electrons. The molecule has 0 unspecified atom stereocenters. The smallest absolute Gasteiger partial charge is 0.257 e. The number of phenols is 1. The summed E-state index contributed by atoms with van der Waals surface area (Å²) in [5, 5.41) is 19.4. The van der Waals surface area contributed by atoms with Crippen LogP contribution in [0.15, 0.2) is 29.8 Å². The number of anilines is 1. The van der Waals surface area contributed by atoms with Gasteiger partial charge in [0.05, 0.1) is 0 Å². The van der Waals surface area contributed by atoms with Gasteiger partial charge < -0.3 is 5.11 Å². The average molecular weight is 221 g/mol. The minimum atomic E-state index is -0.272. The Morgan fingerprint density at radius 2 is 2.07 bits per heavy atom. The molecule has 1 amide bonds. The molecule has 0 aliphatic rings. The predicted octanol–water partition coefficient (Wildman–Crippen LogP) is 1.50. The van der Waals surface area contributed by atoms with Crippen molar-refractivity contribution in [2.24, 2.45) is 0 Å². The van der Waals surface area contributed by atoms with Crippen LogP contribution in [0.25, 0.3) is 0 Å². The van der Waals surface area contributed by atoms with Crippen molar-refractivity contribution in [3.63, 3.8) is 0 Å². The van der Waals surface area contributed by atoms with E-state index in [0.29, 0.717) is 10.7 Å². The standard InChI is InChI=1S/C9H7N3O2S/c13-7-3-1-6(2-4-7)8(14)11-9-12-10-5-15-9/h1-5,13H,(H,11,12,14). The Labute approximate surface area is 89.4 Å². The highest BCUT2D eigenvalue weighted by atomic mass is 32.1. The van der Waals surface area contributed by atoms with Gasteiger partial charge in [-0.1, -0.05) is 11.3 Å². The third kappa shape index (κ3) is 2.29. The van der Waals surface area contributed by atoms with Crippen LogP contribution in [0.2, 0.25) is 0 Å². The molecule has 76 valence electrons. The number of aromatic hydroxyl groups is 1. The molecule has 1 aromatic carbocycles. The van der Waals surface area contributed by atoms with E-state index in [1.807, 2.05) is 0 Å². The van der Waals surface area contributed by atoms with E-state index in [1.165, 1.54) is 41.1 Å². The molecule has 2 aromatic rings.